The van der Waals surface area contributed by atoms with E-state index in [1.165, 1.54) is 15.8 Å². The number of aromatic amines is 1. The Hall–Kier alpha value is -2.60. The lowest BCUT2D eigenvalue weighted by Crippen LogP contribution is -1.93. The summed E-state index contributed by atoms with van der Waals surface area (Å²) in [6.45, 7) is 2.08. The van der Waals surface area contributed by atoms with Crippen molar-refractivity contribution in [2.24, 2.45) is 0 Å². The summed E-state index contributed by atoms with van der Waals surface area (Å²) in [6.07, 6.45) is 3.55. The van der Waals surface area contributed by atoms with Crippen LogP contribution in [0.2, 0.25) is 0 Å². The molecule has 3 aromatic heterocycles. The first-order valence-electron chi connectivity index (χ1n) is 7.29. The van der Waals surface area contributed by atoms with Gasteiger partial charge in [-0.1, -0.05) is 6.07 Å². The van der Waals surface area contributed by atoms with Gasteiger partial charge in [-0.15, -0.1) is 11.3 Å². The number of nitrogens with one attached hydrogen (secondary N) is 2. The second kappa shape index (κ2) is 5.24. The summed E-state index contributed by atoms with van der Waals surface area (Å²) in [5, 5.41) is 5.35. The summed E-state index contributed by atoms with van der Waals surface area (Å²) in [6, 6.07) is 6.45. The van der Waals surface area contributed by atoms with Crippen LogP contribution in [-0.2, 0) is 0 Å². The molecule has 1 aromatic carbocycles. The topological polar surface area (TPSA) is 62.8 Å². The summed E-state index contributed by atoms with van der Waals surface area (Å²) >= 11 is 1.72. The smallest absolute Gasteiger partial charge is 0.143 e. The molecule has 0 aliphatic rings. The van der Waals surface area contributed by atoms with E-state index in [2.05, 4.69) is 45.4 Å². The molecule has 0 aliphatic carbocycles. The quantitative estimate of drug-likeness (QED) is 0.593. The van der Waals surface area contributed by atoms with Gasteiger partial charge >= 0.3 is 0 Å². The first-order valence-corrected chi connectivity index (χ1v) is 8.11. The highest BCUT2D eigenvalue weighted by Gasteiger charge is 2.15. The van der Waals surface area contributed by atoms with Crippen molar-refractivity contribution in [3.05, 3.63) is 36.3 Å². The molecule has 0 spiro atoms. The van der Waals surface area contributed by atoms with Crippen LogP contribution >= 0.6 is 11.3 Å². The second-order valence-electron chi connectivity index (χ2n) is 5.39. The zero-order valence-electron chi connectivity index (χ0n) is 13.1. The van der Waals surface area contributed by atoms with Crippen molar-refractivity contribution >= 4 is 38.3 Å². The van der Waals surface area contributed by atoms with Crippen LogP contribution in [0.1, 0.15) is 5.56 Å². The Morgan fingerprint density at radius 2 is 2.09 bits per heavy atom. The molecule has 23 heavy (non-hydrogen) atoms. The predicted octanol–water partition coefficient (Wildman–Crippen LogP) is 4.20. The van der Waals surface area contributed by atoms with E-state index in [4.69, 9.17) is 4.74 Å². The molecular weight excluding hydrogens is 308 g/mol. The highest BCUT2D eigenvalue weighted by atomic mass is 32.1. The Kier molecular flexibility index (Phi) is 3.20. The van der Waals surface area contributed by atoms with Crippen LogP contribution in [-0.4, -0.2) is 29.1 Å². The van der Waals surface area contributed by atoms with Crippen LogP contribution in [0.4, 0.5) is 5.82 Å². The molecule has 0 bridgehead atoms. The van der Waals surface area contributed by atoms with Crippen LogP contribution in [0.5, 0.6) is 5.75 Å². The van der Waals surface area contributed by atoms with E-state index in [0.29, 0.717) is 0 Å². The number of fused-ring (bicyclic) bond motifs is 2. The minimum Gasteiger partial charge on any atom is -0.495 e. The molecule has 116 valence electrons. The average molecular weight is 324 g/mol. The summed E-state index contributed by atoms with van der Waals surface area (Å²) in [7, 11) is 3.59. The number of aromatic nitrogens is 3. The maximum Gasteiger partial charge on any atom is 0.143 e. The normalized spacial score (nSPS) is 11.3. The Balaban J connectivity index is 2.00. The van der Waals surface area contributed by atoms with Gasteiger partial charge < -0.3 is 15.0 Å². The molecule has 0 radical (unpaired) electrons. The standard InChI is InChI=1S/C17H16N4OS/c1-9-4-10-6-13(23-15(10)12(5-9)22-3)11-7-19-17-14(11)16(18-2)20-8-21-17/h4-8H,1-3H3,(H2,18,19,20,21). The highest BCUT2D eigenvalue weighted by Crippen LogP contribution is 2.42. The molecule has 0 aliphatic heterocycles. The maximum absolute atomic E-state index is 5.54. The van der Waals surface area contributed by atoms with E-state index in [0.717, 1.165) is 32.9 Å². The highest BCUT2D eigenvalue weighted by molar-refractivity contribution is 7.22. The fourth-order valence-corrected chi connectivity index (χ4v) is 4.05. The van der Waals surface area contributed by atoms with Gasteiger partial charge in [-0.25, -0.2) is 9.97 Å². The lowest BCUT2D eigenvalue weighted by Gasteiger charge is -2.02. The van der Waals surface area contributed by atoms with Crippen LogP contribution < -0.4 is 10.1 Å². The molecule has 0 atom stereocenters. The van der Waals surface area contributed by atoms with Gasteiger partial charge in [0.2, 0.25) is 0 Å². The zero-order valence-corrected chi connectivity index (χ0v) is 13.9. The van der Waals surface area contributed by atoms with E-state index in [1.54, 1.807) is 24.8 Å². The third kappa shape index (κ3) is 2.14. The van der Waals surface area contributed by atoms with Gasteiger partial charge in [0, 0.05) is 23.7 Å². The number of methoxy groups -OCH3 is 1. The van der Waals surface area contributed by atoms with E-state index in [1.807, 2.05) is 13.2 Å². The summed E-state index contributed by atoms with van der Waals surface area (Å²) in [5.41, 5.74) is 3.13. The minimum absolute atomic E-state index is 0.826. The first-order chi connectivity index (χ1) is 11.2. The maximum atomic E-state index is 5.54. The number of H-pyrrole nitrogens is 1. The third-order valence-corrected chi connectivity index (χ3v) is 5.12. The minimum atomic E-state index is 0.826. The molecule has 0 unspecified atom stereocenters. The molecule has 5 nitrogen and oxygen atoms in total. The molecule has 4 rings (SSSR count). The molecule has 6 heteroatoms. The van der Waals surface area contributed by atoms with Gasteiger partial charge in [-0.3, -0.25) is 0 Å². The Bertz CT molecular complexity index is 1020. The number of hydrogen-bond donors (Lipinski definition) is 2. The molecule has 0 saturated carbocycles. The van der Waals surface area contributed by atoms with Gasteiger partial charge in [0.15, 0.2) is 0 Å². The zero-order chi connectivity index (χ0) is 16.0. The lowest BCUT2D eigenvalue weighted by atomic mass is 10.1. The molecular formula is C17H16N4OS. The van der Waals surface area contributed by atoms with Crippen molar-refractivity contribution in [1.29, 1.82) is 0 Å². The fourth-order valence-electron chi connectivity index (χ4n) is 2.90. The summed E-state index contributed by atoms with van der Waals surface area (Å²) in [4.78, 5) is 13.0. The predicted molar refractivity (Wildman–Crippen MR) is 95.5 cm³/mol. The number of benzene rings is 1. The Labute approximate surface area is 137 Å². The van der Waals surface area contributed by atoms with Gasteiger partial charge in [0.05, 0.1) is 17.2 Å². The van der Waals surface area contributed by atoms with Crippen LogP contribution in [0, 0.1) is 6.92 Å². The number of hydrogen-bond acceptors (Lipinski definition) is 5. The van der Waals surface area contributed by atoms with E-state index >= 15 is 0 Å². The van der Waals surface area contributed by atoms with Gasteiger partial charge in [-0.2, -0.15) is 0 Å². The van der Waals surface area contributed by atoms with Gasteiger partial charge in [0.25, 0.3) is 0 Å². The average Bonchev–Trinajstić information content (AvgIpc) is 3.16. The van der Waals surface area contributed by atoms with Crippen LogP contribution in [0.15, 0.2) is 30.7 Å². The van der Waals surface area contributed by atoms with Crippen molar-refractivity contribution < 1.29 is 4.74 Å². The molecule has 0 amide bonds. The van der Waals surface area contributed by atoms with Crippen molar-refractivity contribution in [3.8, 4) is 16.2 Å². The number of nitrogens with zero attached hydrogens (tertiary/aromatic N) is 2. The molecule has 0 saturated heterocycles. The molecule has 3 heterocycles. The SMILES string of the molecule is CNc1ncnc2[nH]cc(-c3cc4cc(C)cc(OC)c4s3)c12. The van der Waals surface area contributed by atoms with E-state index in [-0.39, 0.29) is 0 Å². The van der Waals surface area contributed by atoms with E-state index < -0.39 is 0 Å². The van der Waals surface area contributed by atoms with Crippen molar-refractivity contribution in [2.75, 3.05) is 19.5 Å². The number of thiophene rings is 1. The van der Waals surface area contributed by atoms with Crippen LogP contribution in [0.3, 0.4) is 0 Å². The molecule has 0 fully saturated rings. The second-order valence-corrected chi connectivity index (χ2v) is 6.45. The van der Waals surface area contributed by atoms with Crippen LogP contribution in [0.25, 0.3) is 31.6 Å². The first kappa shape index (κ1) is 14.0. The lowest BCUT2D eigenvalue weighted by molar-refractivity contribution is 0.420. The van der Waals surface area contributed by atoms with E-state index in [9.17, 15) is 0 Å². The third-order valence-electron chi connectivity index (χ3n) is 3.92. The number of aryl methyl sites for hydroxylation is 1. The number of rotatable bonds is 3. The van der Waals surface area contributed by atoms with Crippen molar-refractivity contribution in [2.45, 2.75) is 6.92 Å². The Morgan fingerprint density at radius 1 is 1.22 bits per heavy atom. The van der Waals surface area contributed by atoms with Crippen molar-refractivity contribution in [1.82, 2.24) is 15.0 Å². The largest absolute Gasteiger partial charge is 0.495 e. The number of ether oxygens (including phenoxy) is 1. The Morgan fingerprint density at radius 3 is 2.87 bits per heavy atom. The summed E-state index contributed by atoms with van der Waals surface area (Å²) in [5.74, 6) is 1.74. The monoisotopic (exact) mass is 324 g/mol. The van der Waals surface area contributed by atoms with Crippen molar-refractivity contribution in [3.63, 3.8) is 0 Å². The fraction of sp³-hybridized carbons (Fsp3) is 0.176. The van der Waals surface area contributed by atoms with Gasteiger partial charge in [0.1, 0.15) is 23.5 Å². The van der Waals surface area contributed by atoms with Gasteiger partial charge in [-0.05, 0) is 30.0 Å². The number of anilines is 1. The summed E-state index contributed by atoms with van der Waals surface area (Å²) < 4.78 is 6.69. The molecule has 4 aromatic rings. The molecule has 2 N–H and O–H groups in total.